The van der Waals surface area contributed by atoms with Crippen LogP contribution in [0.3, 0.4) is 0 Å². The van der Waals surface area contributed by atoms with Gasteiger partial charge in [0.25, 0.3) is 5.91 Å². The Kier molecular flexibility index (Phi) is 5.47. The lowest BCUT2D eigenvalue weighted by Gasteiger charge is -2.07. The van der Waals surface area contributed by atoms with Gasteiger partial charge in [0, 0.05) is 5.69 Å². The summed E-state index contributed by atoms with van der Waals surface area (Å²) < 4.78 is 0. The first kappa shape index (κ1) is 12.6. The van der Waals surface area contributed by atoms with Gasteiger partial charge >= 0.3 is 0 Å². The Bertz CT molecular complexity index is 275. The molecule has 0 aliphatic carbocycles. The molecular formula is C9H13NO4. The maximum absolute atomic E-state index is 11.0. The molecule has 14 heavy (non-hydrogen) atoms. The van der Waals surface area contributed by atoms with Crippen molar-refractivity contribution in [2.45, 2.75) is 6.10 Å². The third-order valence-corrected chi connectivity index (χ3v) is 1.52. The van der Waals surface area contributed by atoms with Crippen molar-refractivity contribution in [3.8, 4) is 0 Å². The van der Waals surface area contributed by atoms with Gasteiger partial charge in [-0.25, -0.2) is 0 Å². The first-order chi connectivity index (χ1) is 6.24. The molecule has 1 rings (SSSR count). The summed E-state index contributed by atoms with van der Waals surface area (Å²) in [7, 11) is 0. The summed E-state index contributed by atoms with van der Waals surface area (Å²) in [4.78, 5) is 11.0. The van der Waals surface area contributed by atoms with E-state index in [1.165, 1.54) is 0 Å². The monoisotopic (exact) mass is 199 g/mol. The number of anilines is 1. The number of rotatable bonds is 3. The van der Waals surface area contributed by atoms with Crippen LogP contribution in [0.4, 0.5) is 5.69 Å². The lowest BCUT2D eigenvalue weighted by atomic mass is 10.3. The first-order valence-corrected chi connectivity index (χ1v) is 3.89. The van der Waals surface area contributed by atoms with Crippen molar-refractivity contribution in [2.75, 3.05) is 11.9 Å². The molecule has 0 saturated heterocycles. The van der Waals surface area contributed by atoms with Crippen LogP contribution in [-0.2, 0) is 4.79 Å². The van der Waals surface area contributed by atoms with Crippen LogP contribution < -0.4 is 5.32 Å². The summed E-state index contributed by atoms with van der Waals surface area (Å²) in [5, 5.41) is 19.8. The number of amides is 1. The Morgan fingerprint density at radius 2 is 1.93 bits per heavy atom. The van der Waals surface area contributed by atoms with E-state index in [0.29, 0.717) is 5.69 Å². The van der Waals surface area contributed by atoms with Gasteiger partial charge < -0.3 is 21.0 Å². The maximum atomic E-state index is 11.0. The fourth-order valence-corrected chi connectivity index (χ4v) is 0.830. The average Bonchev–Trinajstić information content (AvgIpc) is 2.18. The Labute approximate surface area is 81.3 Å². The van der Waals surface area contributed by atoms with E-state index in [2.05, 4.69) is 5.32 Å². The summed E-state index contributed by atoms with van der Waals surface area (Å²) in [6.45, 7) is -0.571. The highest BCUT2D eigenvalue weighted by atomic mass is 16.3. The standard InChI is InChI=1S/C9H11NO3.H2O/c11-6-8(12)9(13)10-7-4-2-1-3-5-7;/h1-5,8,11-12H,6H2,(H,10,13);1H2. The number of carbonyl (C=O) groups excluding carboxylic acids is 1. The van der Waals surface area contributed by atoms with E-state index in [1.54, 1.807) is 24.3 Å². The molecule has 0 fully saturated rings. The fraction of sp³-hybridized carbons (Fsp3) is 0.222. The lowest BCUT2D eigenvalue weighted by molar-refractivity contribution is -0.125. The lowest BCUT2D eigenvalue weighted by Crippen LogP contribution is -2.30. The number of aliphatic hydroxyl groups is 2. The molecule has 1 aromatic rings. The van der Waals surface area contributed by atoms with Crippen LogP contribution in [-0.4, -0.2) is 34.3 Å². The molecule has 0 radical (unpaired) electrons. The van der Waals surface area contributed by atoms with Gasteiger partial charge in [-0.15, -0.1) is 0 Å². The molecule has 0 aromatic heterocycles. The smallest absolute Gasteiger partial charge is 0.255 e. The molecule has 0 aliphatic heterocycles. The number of hydrogen-bond donors (Lipinski definition) is 3. The Hall–Kier alpha value is -1.43. The topological polar surface area (TPSA) is 101 Å². The predicted octanol–water partition coefficient (Wildman–Crippen LogP) is -0.846. The number of carbonyl (C=O) groups is 1. The molecule has 1 amide bonds. The number of aliphatic hydroxyl groups excluding tert-OH is 2. The largest absolute Gasteiger partial charge is 0.412 e. The summed E-state index contributed by atoms with van der Waals surface area (Å²) in [6, 6.07) is 8.74. The maximum Gasteiger partial charge on any atom is 0.255 e. The number of para-hydroxylation sites is 1. The van der Waals surface area contributed by atoms with Crippen molar-refractivity contribution in [2.24, 2.45) is 0 Å². The number of hydrogen-bond acceptors (Lipinski definition) is 3. The molecule has 5 heteroatoms. The fourth-order valence-electron chi connectivity index (χ4n) is 0.830. The molecule has 0 spiro atoms. The van der Waals surface area contributed by atoms with Crippen molar-refractivity contribution in [3.05, 3.63) is 30.3 Å². The van der Waals surface area contributed by atoms with E-state index in [-0.39, 0.29) is 5.48 Å². The van der Waals surface area contributed by atoms with Crippen LogP contribution in [0.2, 0.25) is 0 Å². The summed E-state index contributed by atoms with van der Waals surface area (Å²) >= 11 is 0. The summed E-state index contributed by atoms with van der Waals surface area (Å²) in [6.07, 6.45) is -1.36. The van der Waals surface area contributed by atoms with Gasteiger partial charge in [0.2, 0.25) is 0 Å². The van der Waals surface area contributed by atoms with Crippen LogP contribution >= 0.6 is 0 Å². The Morgan fingerprint density at radius 3 is 2.43 bits per heavy atom. The Morgan fingerprint density at radius 1 is 1.36 bits per heavy atom. The summed E-state index contributed by atoms with van der Waals surface area (Å²) in [5.41, 5.74) is 0.597. The van der Waals surface area contributed by atoms with Gasteiger partial charge in [0.15, 0.2) is 6.10 Å². The van der Waals surface area contributed by atoms with E-state index in [1.807, 2.05) is 6.07 Å². The third kappa shape index (κ3) is 3.53. The molecule has 1 aromatic carbocycles. The molecule has 1 unspecified atom stereocenters. The Balaban J connectivity index is 0.00000169. The zero-order chi connectivity index (χ0) is 9.68. The minimum absolute atomic E-state index is 0. The zero-order valence-electron chi connectivity index (χ0n) is 7.47. The van der Waals surface area contributed by atoms with E-state index >= 15 is 0 Å². The van der Waals surface area contributed by atoms with Crippen LogP contribution in [0.15, 0.2) is 30.3 Å². The molecule has 0 heterocycles. The minimum atomic E-state index is -1.36. The molecule has 0 aliphatic rings. The molecule has 78 valence electrons. The van der Waals surface area contributed by atoms with Crippen molar-refractivity contribution in [1.82, 2.24) is 0 Å². The molecule has 0 bridgehead atoms. The average molecular weight is 199 g/mol. The van der Waals surface area contributed by atoms with Crippen LogP contribution in [0, 0.1) is 0 Å². The molecule has 5 N–H and O–H groups in total. The molecule has 0 saturated carbocycles. The van der Waals surface area contributed by atoms with Gasteiger partial charge in [-0.3, -0.25) is 4.79 Å². The highest BCUT2D eigenvalue weighted by molar-refractivity contribution is 5.93. The van der Waals surface area contributed by atoms with Crippen LogP contribution in [0.25, 0.3) is 0 Å². The molecular weight excluding hydrogens is 186 g/mol. The SMILES string of the molecule is O.O=C(Nc1ccccc1)C(O)CO. The number of nitrogens with one attached hydrogen (secondary N) is 1. The highest BCUT2D eigenvalue weighted by Gasteiger charge is 2.12. The van der Waals surface area contributed by atoms with Crippen molar-refractivity contribution in [1.29, 1.82) is 0 Å². The van der Waals surface area contributed by atoms with Crippen LogP contribution in [0.1, 0.15) is 0 Å². The van der Waals surface area contributed by atoms with E-state index < -0.39 is 18.6 Å². The number of benzene rings is 1. The third-order valence-electron chi connectivity index (χ3n) is 1.52. The predicted molar refractivity (Wildman–Crippen MR) is 51.8 cm³/mol. The van der Waals surface area contributed by atoms with Crippen molar-refractivity contribution < 1.29 is 20.5 Å². The van der Waals surface area contributed by atoms with E-state index in [9.17, 15) is 4.79 Å². The van der Waals surface area contributed by atoms with Crippen LogP contribution in [0.5, 0.6) is 0 Å². The minimum Gasteiger partial charge on any atom is -0.412 e. The van der Waals surface area contributed by atoms with Crippen molar-refractivity contribution in [3.63, 3.8) is 0 Å². The van der Waals surface area contributed by atoms with Gasteiger partial charge in [-0.2, -0.15) is 0 Å². The molecule has 1 atom stereocenters. The summed E-state index contributed by atoms with van der Waals surface area (Å²) in [5.74, 6) is -0.603. The van der Waals surface area contributed by atoms with Gasteiger partial charge in [-0.05, 0) is 12.1 Å². The van der Waals surface area contributed by atoms with Gasteiger partial charge in [0.05, 0.1) is 6.61 Å². The van der Waals surface area contributed by atoms with E-state index in [4.69, 9.17) is 10.2 Å². The second-order valence-electron chi connectivity index (χ2n) is 2.55. The normalized spacial score (nSPS) is 11.3. The second kappa shape index (κ2) is 6.09. The second-order valence-corrected chi connectivity index (χ2v) is 2.55. The quantitative estimate of drug-likeness (QED) is 0.591. The van der Waals surface area contributed by atoms with Gasteiger partial charge in [-0.1, -0.05) is 18.2 Å². The molecule has 5 nitrogen and oxygen atoms in total. The zero-order valence-corrected chi connectivity index (χ0v) is 7.47. The highest BCUT2D eigenvalue weighted by Crippen LogP contribution is 2.05. The van der Waals surface area contributed by atoms with Gasteiger partial charge in [0.1, 0.15) is 0 Å². The van der Waals surface area contributed by atoms with Crippen molar-refractivity contribution >= 4 is 11.6 Å². The first-order valence-electron chi connectivity index (χ1n) is 3.89. The van der Waals surface area contributed by atoms with E-state index in [0.717, 1.165) is 0 Å².